The molecule has 1 heterocycles. The molecule has 114 valence electrons. The summed E-state index contributed by atoms with van der Waals surface area (Å²) in [5, 5.41) is 14.4. The lowest BCUT2D eigenvalue weighted by Gasteiger charge is -2.15. The van der Waals surface area contributed by atoms with E-state index in [0.29, 0.717) is 4.47 Å². The average Bonchev–Trinajstić information content (AvgIpc) is 2.66. The van der Waals surface area contributed by atoms with E-state index in [9.17, 15) is 18.3 Å². The summed E-state index contributed by atoms with van der Waals surface area (Å²) in [6, 6.07) is 5.05. The zero-order valence-electron chi connectivity index (χ0n) is 11.4. The van der Waals surface area contributed by atoms with Crippen LogP contribution >= 0.6 is 15.9 Å². The Hall–Kier alpha value is -1.34. The van der Waals surface area contributed by atoms with Gasteiger partial charge in [-0.1, -0.05) is 15.9 Å². The molecule has 3 nitrogen and oxygen atoms in total. The summed E-state index contributed by atoms with van der Waals surface area (Å²) in [5.41, 5.74) is 0.983. The van der Waals surface area contributed by atoms with E-state index in [0.717, 1.165) is 23.5 Å². The lowest BCUT2D eigenvalue weighted by molar-refractivity contribution is -0.137. The number of rotatable bonds is 3. The number of aromatic nitrogens is 2. The molecule has 2 aromatic rings. The molecule has 1 N–H and O–H groups in total. The third-order valence-corrected chi connectivity index (χ3v) is 3.91. The number of aliphatic hydroxyl groups excluding tert-OH is 1. The molecule has 1 atom stereocenters. The van der Waals surface area contributed by atoms with E-state index in [-0.39, 0.29) is 12.0 Å². The number of hydrogen-bond acceptors (Lipinski definition) is 2. The van der Waals surface area contributed by atoms with Gasteiger partial charge in [-0.05, 0) is 36.8 Å². The minimum absolute atomic E-state index is 0.192. The average molecular weight is 363 g/mol. The minimum atomic E-state index is -4.43. The molecule has 0 fully saturated rings. The van der Waals surface area contributed by atoms with Crippen LogP contribution in [0.3, 0.4) is 0 Å². The third-order valence-electron chi connectivity index (χ3n) is 3.18. The summed E-state index contributed by atoms with van der Waals surface area (Å²) < 4.78 is 40.3. The van der Waals surface area contributed by atoms with Crippen molar-refractivity contribution in [2.75, 3.05) is 0 Å². The second kappa shape index (κ2) is 5.81. The summed E-state index contributed by atoms with van der Waals surface area (Å²) in [7, 11) is 1.73. The number of alkyl halides is 3. The quantitative estimate of drug-likeness (QED) is 0.901. The monoisotopic (exact) mass is 362 g/mol. The van der Waals surface area contributed by atoms with Crippen LogP contribution in [0.2, 0.25) is 0 Å². The molecule has 2 rings (SSSR count). The first-order chi connectivity index (χ1) is 9.68. The molecule has 0 bridgehead atoms. The van der Waals surface area contributed by atoms with Gasteiger partial charge < -0.3 is 5.11 Å². The van der Waals surface area contributed by atoms with Crippen molar-refractivity contribution in [3.8, 4) is 0 Å². The Labute approximate surface area is 128 Å². The lowest BCUT2D eigenvalue weighted by Crippen LogP contribution is -2.10. The van der Waals surface area contributed by atoms with E-state index >= 15 is 0 Å². The Morgan fingerprint density at radius 1 is 1.33 bits per heavy atom. The van der Waals surface area contributed by atoms with Gasteiger partial charge in [0.1, 0.15) is 0 Å². The summed E-state index contributed by atoms with van der Waals surface area (Å²) >= 11 is 3.19. The molecule has 1 aromatic carbocycles. The molecule has 1 aromatic heterocycles. The first-order valence-corrected chi connectivity index (χ1v) is 7.02. The van der Waals surface area contributed by atoms with Crippen LogP contribution in [-0.2, 0) is 19.6 Å². The Balaban J connectivity index is 2.30. The van der Waals surface area contributed by atoms with Gasteiger partial charge >= 0.3 is 6.18 Å². The largest absolute Gasteiger partial charge is 0.416 e. The maximum Gasteiger partial charge on any atom is 0.416 e. The standard InChI is InChI=1S/C14H14BrF3N2O/c1-8-5-10(20(2)19-8)7-13(21)11-6-9(14(16,17)18)3-4-12(11)15/h3-6,13,21H,7H2,1-2H3. The van der Waals surface area contributed by atoms with Gasteiger partial charge in [0.15, 0.2) is 0 Å². The van der Waals surface area contributed by atoms with Crippen LogP contribution < -0.4 is 0 Å². The molecule has 0 aliphatic rings. The summed E-state index contributed by atoms with van der Waals surface area (Å²) in [6.45, 7) is 1.82. The van der Waals surface area contributed by atoms with E-state index in [1.54, 1.807) is 17.8 Å². The van der Waals surface area contributed by atoms with E-state index in [2.05, 4.69) is 21.0 Å². The van der Waals surface area contributed by atoms with Crippen molar-refractivity contribution in [1.82, 2.24) is 9.78 Å². The fourth-order valence-corrected chi connectivity index (χ4v) is 2.65. The first-order valence-electron chi connectivity index (χ1n) is 6.22. The number of aliphatic hydroxyl groups is 1. The van der Waals surface area contributed by atoms with Crippen molar-refractivity contribution >= 4 is 15.9 Å². The zero-order chi connectivity index (χ0) is 15.8. The van der Waals surface area contributed by atoms with E-state index in [1.807, 2.05) is 6.92 Å². The molecule has 0 saturated carbocycles. The molecule has 0 aliphatic heterocycles. The molecule has 1 unspecified atom stereocenters. The van der Waals surface area contributed by atoms with Crippen molar-refractivity contribution < 1.29 is 18.3 Å². The SMILES string of the molecule is Cc1cc(CC(O)c2cc(C(F)(F)F)ccc2Br)n(C)n1. The Morgan fingerprint density at radius 2 is 2.00 bits per heavy atom. The van der Waals surface area contributed by atoms with Gasteiger partial charge in [-0.2, -0.15) is 18.3 Å². The van der Waals surface area contributed by atoms with Crippen LogP contribution in [-0.4, -0.2) is 14.9 Å². The molecule has 0 saturated heterocycles. The second-order valence-electron chi connectivity index (χ2n) is 4.85. The molecule has 21 heavy (non-hydrogen) atoms. The van der Waals surface area contributed by atoms with Crippen LogP contribution in [0.25, 0.3) is 0 Å². The summed E-state index contributed by atoms with van der Waals surface area (Å²) in [4.78, 5) is 0. The molecule has 7 heteroatoms. The highest BCUT2D eigenvalue weighted by molar-refractivity contribution is 9.10. The van der Waals surface area contributed by atoms with E-state index < -0.39 is 17.8 Å². The van der Waals surface area contributed by atoms with Crippen molar-refractivity contribution in [3.63, 3.8) is 0 Å². The fraction of sp³-hybridized carbons (Fsp3) is 0.357. The van der Waals surface area contributed by atoms with Gasteiger partial charge in [-0.25, -0.2) is 0 Å². The number of hydrogen-bond donors (Lipinski definition) is 1. The number of aryl methyl sites for hydroxylation is 2. The molecule has 0 radical (unpaired) electrons. The predicted molar refractivity (Wildman–Crippen MR) is 75.8 cm³/mol. The lowest BCUT2D eigenvalue weighted by atomic mass is 10.0. The van der Waals surface area contributed by atoms with Crippen molar-refractivity contribution in [1.29, 1.82) is 0 Å². The Bertz CT molecular complexity index is 652. The molecule has 0 spiro atoms. The second-order valence-corrected chi connectivity index (χ2v) is 5.71. The summed E-state index contributed by atoms with van der Waals surface area (Å²) in [5.74, 6) is 0. The first kappa shape index (κ1) is 16.0. The van der Waals surface area contributed by atoms with Crippen molar-refractivity contribution in [3.05, 3.63) is 51.3 Å². The fourth-order valence-electron chi connectivity index (χ4n) is 2.14. The topological polar surface area (TPSA) is 38.0 Å². The van der Waals surface area contributed by atoms with E-state index in [4.69, 9.17) is 0 Å². The highest BCUT2D eigenvalue weighted by Crippen LogP contribution is 2.34. The number of nitrogens with zero attached hydrogens (tertiary/aromatic N) is 2. The van der Waals surface area contributed by atoms with Gasteiger partial charge in [0.2, 0.25) is 0 Å². The maximum absolute atomic E-state index is 12.7. The summed E-state index contributed by atoms with van der Waals surface area (Å²) in [6.07, 6.45) is -5.29. The van der Waals surface area contributed by atoms with Crippen molar-refractivity contribution in [2.24, 2.45) is 7.05 Å². The van der Waals surface area contributed by atoms with Gasteiger partial charge in [0.25, 0.3) is 0 Å². The van der Waals surface area contributed by atoms with Crippen LogP contribution in [0.15, 0.2) is 28.7 Å². The third kappa shape index (κ3) is 3.65. The van der Waals surface area contributed by atoms with Crippen LogP contribution in [0.4, 0.5) is 13.2 Å². The molecule has 0 aliphatic carbocycles. The zero-order valence-corrected chi connectivity index (χ0v) is 13.0. The van der Waals surface area contributed by atoms with Gasteiger partial charge in [0, 0.05) is 23.6 Å². The highest BCUT2D eigenvalue weighted by Gasteiger charge is 2.31. The molecular formula is C14H14BrF3N2O. The van der Waals surface area contributed by atoms with Crippen LogP contribution in [0, 0.1) is 6.92 Å². The predicted octanol–water partition coefficient (Wildman–Crippen LogP) is 3.79. The van der Waals surface area contributed by atoms with Gasteiger partial charge in [-0.3, -0.25) is 4.68 Å². The Kier molecular flexibility index (Phi) is 4.43. The minimum Gasteiger partial charge on any atom is -0.388 e. The Morgan fingerprint density at radius 3 is 2.52 bits per heavy atom. The highest BCUT2D eigenvalue weighted by atomic mass is 79.9. The normalized spacial score (nSPS) is 13.5. The van der Waals surface area contributed by atoms with Crippen LogP contribution in [0.1, 0.15) is 28.6 Å². The van der Waals surface area contributed by atoms with Crippen LogP contribution in [0.5, 0.6) is 0 Å². The van der Waals surface area contributed by atoms with E-state index in [1.165, 1.54) is 6.07 Å². The number of halogens is 4. The van der Waals surface area contributed by atoms with Gasteiger partial charge in [-0.15, -0.1) is 0 Å². The van der Waals surface area contributed by atoms with Crippen molar-refractivity contribution in [2.45, 2.75) is 25.6 Å². The number of benzene rings is 1. The van der Waals surface area contributed by atoms with Gasteiger partial charge in [0.05, 0.1) is 17.4 Å². The molecular weight excluding hydrogens is 349 g/mol. The molecule has 0 amide bonds. The maximum atomic E-state index is 12.7. The smallest absolute Gasteiger partial charge is 0.388 e.